The van der Waals surface area contributed by atoms with Crippen LogP contribution in [0.3, 0.4) is 0 Å². The number of halogens is 1. The van der Waals surface area contributed by atoms with Gasteiger partial charge in [-0.25, -0.2) is 9.47 Å². The summed E-state index contributed by atoms with van der Waals surface area (Å²) in [6, 6.07) is 11.9. The van der Waals surface area contributed by atoms with Gasteiger partial charge in [-0.2, -0.15) is 0 Å². The molecule has 1 unspecified atom stereocenters. The topological polar surface area (TPSA) is 40.2 Å². The Morgan fingerprint density at radius 2 is 1.50 bits per heavy atom. The monoisotopic (exact) mass is 475 g/mol. The Bertz CT molecular complexity index is 727. The van der Waals surface area contributed by atoms with Crippen LogP contribution in [-0.2, 0) is 12.3 Å². The van der Waals surface area contributed by atoms with Crippen molar-refractivity contribution in [2.24, 2.45) is 0 Å². The van der Waals surface area contributed by atoms with E-state index in [1.54, 1.807) is 0 Å². The zero-order valence-corrected chi connectivity index (χ0v) is 20.1. The van der Waals surface area contributed by atoms with Crippen LogP contribution in [0.1, 0.15) is 83.1 Å². The van der Waals surface area contributed by atoms with Crippen molar-refractivity contribution in [3.8, 4) is 0 Å². The molecule has 0 saturated heterocycles. The van der Waals surface area contributed by atoms with Gasteiger partial charge in [-0.05, 0) is 6.42 Å². The molecule has 166 valence electrons. The van der Waals surface area contributed by atoms with Crippen molar-refractivity contribution < 1.29 is 26.7 Å². The molecule has 0 fully saturated rings. The second kappa shape index (κ2) is 13.1. The van der Waals surface area contributed by atoms with E-state index in [4.69, 9.17) is 0 Å². The average Bonchev–Trinajstić information content (AvgIpc) is 3.05. The molecule has 1 aromatic heterocycles. The van der Waals surface area contributed by atoms with Crippen molar-refractivity contribution in [1.82, 2.24) is 4.98 Å². The summed E-state index contributed by atoms with van der Waals surface area (Å²) in [5.41, 5.74) is -0.0743. The third-order valence-corrected chi connectivity index (χ3v) is 6.10. The molecular weight excluding hydrogens is 438 g/mol. The van der Waals surface area contributed by atoms with Crippen molar-refractivity contribution in [1.29, 1.82) is 0 Å². The van der Waals surface area contributed by atoms with Crippen molar-refractivity contribution in [3.05, 3.63) is 54.4 Å². The van der Waals surface area contributed by atoms with Gasteiger partial charge in [0, 0.05) is 11.6 Å². The van der Waals surface area contributed by atoms with Gasteiger partial charge in [0.1, 0.15) is 12.7 Å². The number of hydrogen-bond donors (Lipinski definition) is 1. The number of anilines is 1. The van der Waals surface area contributed by atoms with E-state index in [2.05, 4.69) is 21.4 Å². The van der Waals surface area contributed by atoms with Gasteiger partial charge in [0.25, 0.3) is 0 Å². The quantitative estimate of drug-likeness (QED) is 0.357. The lowest BCUT2D eigenvalue weighted by molar-refractivity contribution is -0.685. The van der Waals surface area contributed by atoms with E-state index in [1.807, 2.05) is 48.8 Å². The third kappa shape index (κ3) is 6.52. The van der Waals surface area contributed by atoms with Crippen molar-refractivity contribution in [2.45, 2.75) is 89.8 Å². The largest absolute Gasteiger partial charge is 1.00 e. The molecule has 1 aliphatic heterocycles. The molecule has 1 aromatic carbocycles. The highest BCUT2D eigenvalue weighted by Crippen LogP contribution is 2.33. The summed E-state index contributed by atoms with van der Waals surface area (Å²) in [5.74, 6) is 0.867. The third-order valence-electron chi connectivity index (χ3n) is 6.10. The molecule has 1 aliphatic rings. The Morgan fingerprint density at radius 3 is 2.13 bits per heavy atom. The molecule has 1 atom stereocenters. The fourth-order valence-corrected chi connectivity index (χ4v) is 4.40. The minimum absolute atomic E-state index is 0. The van der Waals surface area contributed by atoms with Crippen LogP contribution in [0.5, 0.6) is 0 Å². The van der Waals surface area contributed by atoms with Crippen LogP contribution >= 0.6 is 0 Å². The summed E-state index contributed by atoms with van der Waals surface area (Å²) in [7, 11) is 0. The second-order valence-electron chi connectivity index (χ2n) is 8.42. The molecule has 0 spiro atoms. The van der Waals surface area contributed by atoms with Crippen LogP contribution in [-0.4, -0.2) is 16.6 Å². The molecule has 4 nitrogen and oxygen atoms in total. The van der Waals surface area contributed by atoms with E-state index in [0.717, 1.165) is 24.5 Å². The Kier molecular flexibility index (Phi) is 10.8. The highest BCUT2D eigenvalue weighted by atomic mass is 79.9. The number of rotatable bonds is 13. The van der Waals surface area contributed by atoms with E-state index in [9.17, 15) is 5.11 Å². The number of unbranched alkanes of at least 4 members (excludes halogenated alkanes) is 10. The van der Waals surface area contributed by atoms with E-state index >= 15 is 0 Å². The zero-order chi connectivity index (χ0) is 20.4. The Morgan fingerprint density at radius 1 is 0.900 bits per heavy atom. The molecule has 3 rings (SSSR count). The first kappa shape index (κ1) is 24.8. The summed E-state index contributed by atoms with van der Waals surface area (Å²) in [6.45, 7) is 3.63. The number of aromatic nitrogens is 2. The molecule has 0 saturated carbocycles. The molecule has 0 bridgehead atoms. The van der Waals surface area contributed by atoms with E-state index < -0.39 is 5.72 Å². The number of fused-ring (bicyclic) bond motifs is 1. The summed E-state index contributed by atoms with van der Waals surface area (Å²) in [6.07, 6.45) is 18.4. The molecule has 30 heavy (non-hydrogen) atoms. The fraction of sp³-hybridized carbons (Fsp3) is 0.600. The molecule has 0 radical (unpaired) electrons. The van der Waals surface area contributed by atoms with Gasteiger partial charge < -0.3 is 22.1 Å². The molecule has 5 heteroatoms. The van der Waals surface area contributed by atoms with E-state index in [-0.39, 0.29) is 17.0 Å². The minimum Gasteiger partial charge on any atom is -1.00 e. The van der Waals surface area contributed by atoms with Crippen LogP contribution in [0.2, 0.25) is 0 Å². The van der Waals surface area contributed by atoms with Crippen molar-refractivity contribution in [2.75, 3.05) is 11.4 Å². The van der Waals surface area contributed by atoms with Crippen molar-refractivity contribution >= 4 is 5.95 Å². The standard InChI is InChI=1S/C25H38N3O.BrH/c1-2-3-4-5-6-7-8-9-10-11-15-21-28-24-26-19-16-20-27(24)22-25(28,29)23-17-13-12-14-18-23;/h12-14,16-20,29H,2-11,15,21-22H2,1H3;1H/q+1;/p-1. The predicted octanol–water partition coefficient (Wildman–Crippen LogP) is 2.35. The highest BCUT2D eigenvalue weighted by Gasteiger charge is 2.50. The number of aliphatic hydroxyl groups is 1. The van der Waals surface area contributed by atoms with Gasteiger partial charge in [0.15, 0.2) is 0 Å². The molecule has 1 N–H and O–H groups in total. The van der Waals surface area contributed by atoms with Gasteiger partial charge in [-0.3, -0.25) is 0 Å². The van der Waals surface area contributed by atoms with E-state index in [0.29, 0.717) is 6.54 Å². The number of benzene rings is 1. The maximum atomic E-state index is 11.6. The molecule has 2 aromatic rings. The van der Waals surface area contributed by atoms with Gasteiger partial charge in [0.2, 0.25) is 5.72 Å². The molecular formula is C25H38BrN3O. The lowest BCUT2D eigenvalue weighted by Gasteiger charge is -2.28. The Balaban J connectivity index is 0.00000320. The first-order valence-electron chi connectivity index (χ1n) is 11.7. The van der Waals surface area contributed by atoms with Crippen LogP contribution in [0.25, 0.3) is 0 Å². The second-order valence-corrected chi connectivity index (χ2v) is 8.42. The SMILES string of the molecule is CCCCCCCCCCCCCN1c2nccc[n+]2CC1(O)c1ccccc1.[Br-]. The molecule has 2 heterocycles. The Labute approximate surface area is 193 Å². The first-order chi connectivity index (χ1) is 14.3. The molecule has 0 aliphatic carbocycles. The summed E-state index contributed by atoms with van der Waals surface area (Å²) >= 11 is 0. The summed E-state index contributed by atoms with van der Waals surface area (Å²) in [4.78, 5) is 6.65. The lowest BCUT2D eigenvalue weighted by atomic mass is 10.0. The van der Waals surface area contributed by atoms with E-state index in [1.165, 1.54) is 64.2 Å². The van der Waals surface area contributed by atoms with Gasteiger partial charge in [-0.15, -0.1) is 0 Å². The van der Waals surface area contributed by atoms with Crippen LogP contribution in [0.4, 0.5) is 5.95 Å². The number of hydrogen-bond acceptors (Lipinski definition) is 3. The van der Waals surface area contributed by atoms with Gasteiger partial charge in [-0.1, -0.05) is 106 Å². The predicted molar refractivity (Wildman–Crippen MR) is 119 cm³/mol. The Hall–Kier alpha value is -1.46. The zero-order valence-electron chi connectivity index (χ0n) is 18.5. The maximum Gasteiger partial charge on any atom is 0.396 e. The average molecular weight is 477 g/mol. The smallest absolute Gasteiger partial charge is 0.396 e. The first-order valence-corrected chi connectivity index (χ1v) is 11.7. The van der Waals surface area contributed by atoms with Crippen molar-refractivity contribution in [3.63, 3.8) is 0 Å². The van der Waals surface area contributed by atoms with Gasteiger partial charge in [0.05, 0.1) is 12.7 Å². The maximum absolute atomic E-state index is 11.6. The summed E-state index contributed by atoms with van der Waals surface area (Å²) in [5, 5.41) is 11.6. The summed E-state index contributed by atoms with van der Waals surface area (Å²) < 4.78 is 2.06. The fourth-order valence-electron chi connectivity index (χ4n) is 4.40. The lowest BCUT2D eigenvalue weighted by Crippen LogP contribution is -3.00. The van der Waals surface area contributed by atoms with Crippen LogP contribution < -0.4 is 26.4 Å². The molecule has 0 amide bonds. The number of nitrogens with zero attached hydrogens (tertiary/aromatic N) is 3. The minimum atomic E-state index is -1.01. The van der Waals surface area contributed by atoms with Gasteiger partial charge >= 0.3 is 5.95 Å². The van der Waals surface area contributed by atoms with Crippen LogP contribution in [0, 0.1) is 0 Å². The van der Waals surface area contributed by atoms with Crippen LogP contribution in [0.15, 0.2) is 48.8 Å². The highest BCUT2D eigenvalue weighted by molar-refractivity contribution is 5.37. The normalized spacial score (nSPS) is 17.6.